The Hall–Kier alpha value is -3.11. The van der Waals surface area contributed by atoms with Crippen LogP contribution in [0.25, 0.3) is 21.9 Å². The number of rotatable bonds is 3. The van der Waals surface area contributed by atoms with Gasteiger partial charge in [-0.15, -0.1) is 0 Å². The molecule has 4 rings (SSSR count). The van der Waals surface area contributed by atoms with Gasteiger partial charge in [0.1, 0.15) is 5.75 Å². The van der Waals surface area contributed by atoms with Crippen LogP contribution in [0, 0.1) is 0 Å². The van der Waals surface area contributed by atoms with Crippen molar-refractivity contribution in [3.05, 3.63) is 95.0 Å². The second-order valence-corrected chi connectivity index (χ2v) is 7.10. The fourth-order valence-electron chi connectivity index (χ4n) is 3.14. The molecule has 0 radical (unpaired) electrons. The van der Waals surface area contributed by atoms with Crippen molar-refractivity contribution in [2.24, 2.45) is 0 Å². The van der Waals surface area contributed by atoms with Crippen molar-refractivity contribution in [2.75, 3.05) is 5.32 Å². The quantitative estimate of drug-likeness (QED) is 0.388. The average molecular weight is 418 g/mol. The molecule has 4 aromatic rings. The zero-order valence-corrected chi connectivity index (χ0v) is 15.9. The molecule has 1 amide bonds. The van der Waals surface area contributed by atoms with Gasteiger partial charge in [-0.1, -0.05) is 70.5 Å². The SMILES string of the molecule is O=C(Nc1c(O)cccc1-c1cccc2ccccc12)c1ccc(Br)cc1. The third-order valence-electron chi connectivity index (χ3n) is 4.47. The predicted octanol–water partition coefficient (Wildman–Crippen LogP) is 6.23. The van der Waals surface area contributed by atoms with Crippen molar-refractivity contribution in [3.8, 4) is 16.9 Å². The number of hydrogen-bond donors (Lipinski definition) is 2. The summed E-state index contributed by atoms with van der Waals surface area (Å²) in [6, 6.07) is 26.4. The van der Waals surface area contributed by atoms with Crippen LogP contribution in [0.5, 0.6) is 5.75 Å². The molecule has 0 unspecified atom stereocenters. The zero-order valence-electron chi connectivity index (χ0n) is 14.3. The van der Waals surface area contributed by atoms with Crippen LogP contribution in [0.2, 0.25) is 0 Å². The molecule has 0 spiro atoms. The molecule has 4 heteroatoms. The lowest BCUT2D eigenvalue weighted by molar-refractivity contribution is 0.102. The molecule has 2 N–H and O–H groups in total. The van der Waals surface area contributed by atoms with Crippen molar-refractivity contribution in [3.63, 3.8) is 0 Å². The van der Waals surface area contributed by atoms with Gasteiger partial charge in [0.05, 0.1) is 5.69 Å². The van der Waals surface area contributed by atoms with Crippen LogP contribution in [0.4, 0.5) is 5.69 Å². The fraction of sp³-hybridized carbons (Fsp3) is 0. The third kappa shape index (κ3) is 3.44. The van der Waals surface area contributed by atoms with Crippen LogP contribution in [0.3, 0.4) is 0 Å². The van der Waals surface area contributed by atoms with E-state index in [0.29, 0.717) is 11.3 Å². The number of benzene rings is 4. The van der Waals surface area contributed by atoms with Crippen LogP contribution in [-0.4, -0.2) is 11.0 Å². The van der Waals surface area contributed by atoms with Crippen molar-refractivity contribution in [1.29, 1.82) is 0 Å². The highest BCUT2D eigenvalue weighted by Crippen LogP contribution is 2.38. The first-order chi connectivity index (χ1) is 13.1. The fourth-order valence-corrected chi connectivity index (χ4v) is 3.41. The summed E-state index contributed by atoms with van der Waals surface area (Å²) >= 11 is 3.37. The lowest BCUT2D eigenvalue weighted by atomic mass is 9.96. The third-order valence-corrected chi connectivity index (χ3v) is 5.00. The summed E-state index contributed by atoms with van der Waals surface area (Å²) in [4.78, 5) is 12.7. The number of halogens is 1. The van der Waals surface area contributed by atoms with E-state index in [1.165, 1.54) is 0 Å². The van der Waals surface area contributed by atoms with Gasteiger partial charge in [0.15, 0.2) is 0 Å². The number of nitrogens with one attached hydrogen (secondary N) is 1. The average Bonchev–Trinajstić information content (AvgIpc) is 2.69. The molecule has 0 aliphatic rings. The summed E-state index contributed by atoms with van der Waals surface area (Å²) in [5, 5.41) is 15.5. The second-order valence-electron chi connectivity index (χ2n) is 6.19. The molecular formula is C23H16BrNO2. The van der Waals surface area contributed by atoms with Gasteiger partial charge >= 0.3 is 0 Å². The molecule has 4 aromatic carbocycles. The Balaban J connectivity index is 1.80. The number of para-hydroxylation sites is 1. The predicted molar refractivity (Wildman–Crippen MR) is 113 cm³/mol. The molecule has 0 saturated heterocycles. The van der Waals surface area contributed by atoms with Crippen molar-refractivity contribution < 1.29 is 9.90 Å². The van der Waals surface area contributed by atoms with E-state index in [2.05, 4.69) is 21.2 Å². The smallest absolute Gasteiger partial charge is 0.255 e. The summed E-state index contributed by atoms with van der Waals surface area (Å²) in [5.74, 6) is -0.239. The van der Waals surface area contributed by atoms with Crippen LogP contribution in [-0.2, 0) is 0 Å². The maximum atomic E-state index is 12.7. The van der Waals surface area contributed by atoms with Crippen molar-refractivity contribution in [1.82, 2.24) is 0 Å². The van der Waals surface area contributed by atoms with Crippen LogP contribution in [0.1, 0.15) is 10.4 Å². The Bertz CT molecular complexity index is 1130. The minimum absolute atomic E-state index is 0.0332. The van der Waals surface area contributed by atoms with Gasteiger partial charge in [-0.05, 0) is 46.7 Å². The second kappa shape index (κ2) is 7.25. The molecule has 0 aromatic heterocycles. The molecule has 27 heavy (non-hydrogen) atoms. The number of anilines is 1. The number of carbonyl (C=O) groups excluding carboxylic acids is 1. The molecule has 0 fully saturated rings. The van der Waals surface area contributed by atoms with Gasteiger partial charge in [-0.3, -0.25) is 4.79 Å². The zero-order chi connectivity index (χ0) is 18.8. The Morgan fingerprint density at radius 3 is 2.26 bits per heavy atom. The van der Waals surface area contributed by atoms with E-state index in [9.17, 15) is 9.90 Å². The summed E-state index contributed by atoms with van der Waals surface area (Å²) in [6.45, 7) is 0. The van der Waals surface area contributed by atoms with Crippen molar-refractivity contribution >= 4 is 38.3 Å². The molecule has 0 bridgehead atoms. The monoisotopic (exact) mass is 417 g/mol. The maximum Gasteiger partial charge on any atom is 0.255 e. The summed E-state index contributed by atoms with van der Waals surface area (Å²) < 4.78 is 0.901. The van der Waals surface area contributed by atoms with Gasteiger partial charge in [0.25, 0.3) is 5.91 Å². The van der Waals surface area contributed by atoms with Crippen LogP contribution < -0.4 is 5.32 Å². The normalized spacial score (nSPS) is 10.7. The van der Waals surface area contributed by atoms with E-state index < -0.39 is 0 Å². The molecule has 3 nitrogen and oxygen atoms in total. The van der Waals surface area contributed by atoms with Gasteiger partial charge in [-0.2, -0.15) is 0 Å². The van der Waals surface area contributed by atoms with E-state index in [-0.39, 0.29) is 11.7 Å². The summed E-state index contributed by atoms with van der Waals surface area (Å²) in [5.41, 5.74) is 2.65. The lowest BCUT2D eigenvalue weighted by Crippen LogP contribution is -2.12. The van der Waals surface area contributed by atoms with E-state index in [4.69, 9.17) is 0 Å². The minimum Gasteiger partial charge on any atom is -0.506 e. The topological polar surface area (TPSA) is 49.3 Å². The van der Waals surface area contributed by atoms with E-state index in [1.807, 2.05) is 60.7 Å². The first kappa shape index (κ1) is 17.3. The Labute approximate surface area is 165 Å². The molecule has 0 aliphatic heterocycles. The largest absolute Gasteiger partial charge is 0.506 e. The highest BCUT2D eigenvalue weighted by atomic mass is 79.9. The number of amides is 1. The summed E-state index contributed by atoms with van der Waals surface area (Å²) in [7, 11) is 0. The van der Waals surface area contributed by atoms with Gasteiger partial charge < -0.3 is 10.4 Å². The number of phenols is 1. The lowest BCUT2D eigenvalue weighted by Gasteiger charge is -2.15. The highest BCUT2D eigenvalue weighted by molar-refractivity contribution is 9.10. The molecular weight excluding hydrogens is 402 g/mol. The number of aromatic hydroxyl groups is 1. The standard InChI is InChI=1S/C23H16BrNO2/c24-17-13-11-16(12-14-17)23(27)25-22-20(9-4-10-21(22)26)19-8-3-6-15-5-1-2-7-18(15)19/h1-14,26H,(H,25,27). The number of phenolic OH excluding ortho intramolecular Hbond substituents is 1. The number of carbonyl (C=O) groups is 1. The molecule has 0 atom stereocenters. The van der Waals surface area contributed by atoms with Crippen LogP contribution >= 0.6 is 15.9 Å². The Morgan fingerprint density at radius 1 is 0.778 bits per heavy atom. The van der Waals surface area contributed by atoms with Gasteiger partial charge in [0, 0.05) is 15.6 Å². The molecule has 0 aliphatic carbocycles. The Kier molecular flexibility index (Phi) is 4.65. The van der Waals surface area contributed by atoms with Gasteiger partial charge in [-0.25, -0.2) is 0 Å². The highest BCUT2D eigenvalue weighted by Gasteiger charge is 2.15. The van der Waals surface area contributed by atoms with E-state index in [0.717, 1.165) is 26.4 Å². The first-order valence-electron chi connectivity index (χ1n) is 8.50. The van der Waals surface area contributed by atoms with E-state index in [1.54, 1.807) is 24.3 Å². The minimum atomic E-state index is -0.273. The molecule has 132 valence electrons. The van der Waals surface area contributed by atoms with Crippen LogP contribution in [0.15, 0.2) is 89.4 Å². The van der Waals surface area contributed by atoms with Gasteiger partial charge in [0.2, 0.25) is 0 Å². The van der Waals surface area contributed by atoms with Crippen molar-refractivity contribution in [2.45, 2.75) is 0 Å². The molecule has 0 saturated carbocycles. The maximum absolute atomic E-state index is 12.7. The number of hydrogen-bond acceptors (Lipinski definition) is 2. The Morgan fingerprint density at radius 2 is 1.44 bits per heavy atom. The van der Waals surface area contributed by atoms with E-state index >= 15 is 0 Å². The molecule has 0 heterocycles. The first-order valence-corrected chi connectivity index (χ1v) is 9.30. The summed E-state index contributed by atoms with van der Waals surface area (Å²) in [6.07, 6.45) is 0. The number of fused-ring (bicyclic) bond motifs is 1.